The van der Waals surface area contributed by atoms with Crippen molar-refractivity contribution in [3.8, 4) is 5.75 Å². The standard InChI is InChI=1S/C15H13I2NO2S2/c1-3-5-20-13-10(16)6-9(7-11(13)17)8-12-14(19)18(4-2)15(21)22-12/h3,6-8H,1,4-5H2,2H3/b12-8-. The summed E-state index contributed by atoms with van der Waals surface area (Å²) in [5.74, 6) is 0.828. The maximum Gasteiger partial charge on any atom is 0.266 e. The molecule has 0 bridgehead atoms. The zero-order valence-corrected chi connectivity index (χ0v) is 17.7. The zero-order valence-electron chi connectivity index (χ0n) is 11.8. The van der Waals surface area contributed by atoms with Crippen LogP contribution in [0.25, 0.3) is 6.08 Å². The van der Waals surface area contributed by atoms with Crippen molar-refractivity contribution in [1.82, 2.24) is 4.90 Å². The van der Waals surface area contributed by atoms with Crippen molar-refractivity contribution in [3.63, 3.8) is 0 Å². The molecule has 1 aliphatic heterocycles. The molecule has 1 heterocycles. The normalized spacial score (nSPS) is 16.5. The average molecular weight is 557 g/mol. The van der Waals surface area contributed by atoms with Gasteiger partial charge in [-0.2, -0.15) is 0 Å². The van der Waals surface area contributed by atoms with Crippen molar-refractivity contribution in [2.24, 2.45) is 0 Å². The first kappa shape index (κ1) is 18.2. The van der Waals surface area contributed by atoms with Crippen LogP contribution in [0.1, 0.15) is 12.5 Å². The van der Waals surface area contributed by atoms with Gasteiger partial charge in [-0.1, -0.05) is 36.6 Å². The molecule has 0 radical (unpaired) electrons. The molecule has 0 N–H and O–H groups in total. The highest BCUT2D eigenvalue weighted by molar-refractivity contribution is 14.1. The number of thiocarbonyl (C=S) groups is 1. The van der Waals surface area contributed by atoms with Crippen molar-refractivity contribution in [2.75, 3.05) is 13.2 Å². The van der Waals surface area contributed by atoms with Crippen LogP contribution in [0.15, 0.2) is 29.7 Å². The molecule has 1 aromatic rings. The van der Waals surface area contributed by atoms with E-state index in [1.807, 2.05) is 25.1 Å². The van der Waals surface area contributed by atoms with Crippen LogP contribution in [0.5, 0.6) is 5.75 Å². The smallest absolute Gasteiger partial charge is 0.266 e. The van der Waals surface area contributed by atoms with E-state index in [0.717, 1.165) is 18.5 Å². The molecule has 0 aromatic heterocycles. The molecular weight excluding hydrogens is 544 g/mol. The fraction of sp³-hybridized carbons (Fsp3) is 0.200. The van der Waals surface area contributed by atoms with Crippen LogP contribution in [0.4, 0.5) is 0 Å². The Balaban J connectivity index is 2.31. The van der Waals surface area contributed by atoms with Gasteiger partial charge in [0.15, 0.2) is 0 Å². The summed E-state index contributed by atoms with van der Waals surface area (Å²) in [6, 6.07) is 4.00. The third-order valence-electron chi connectivity index (χ3n) is 2.85. The Kier molecular flexibility index (Phi) is 6.72. The number of ether oxygens (including phenoxy) is 1. The summed E-state index contributed by atoms with van der Waals surface area (Å²) in [5, 5.41) is 0. The van der Waals surface area contributed by atoms with Gasteiger partial charge in [-0.3, -0.25) is 9.69 Å². The number of halogens is 2. The van der Waals surface area contributed by atoms with E-state index in [1.165, 1.54) is 11.8 Å². The summed E-state index contributed by atoms with van der Waals surface area (Å²) in [7, 11) is 0. The third-order valence-corrected chi connectivity index (χ3v) is 5.83. The van der Waals surface area contributed by atoms with E-state index in [9.17, 15) is 4.79 Å². The molecule has 0 unspecified atom stereocenters. The van der Waals surface area contributed by atoms with Gasteiger partial charge in [-0.05, 0) is 75.9 Å². The summed E-state index contributed by atoms with van der Waals surface area (Å²) in [6.45, 7) is 6.65. The molecule has 0 spiro atoms. The predicted molar refractivity (Wildman–Crippen MR) is 113 cm³/mol. The van der Waals surface area contributed by atoms with Crippen molar-refractivity contribution in [3.05, 3.63) is 42.4 Å². The van der Waals surface area contributed by atoms with Crippen LogP contribution in [0.3, 0.4) is 0 Å². The molecule has 1 aliphatic rings. The number of thioether (sulfide) groups is 1. The highest BCUT2D eigenvalue weighted by Crippen LogP contribution is 2.34. The largest absolute Gasteiger partial charge is 0.487 e. The number of rotatable bonds is 5. The van der Waals surface area contributed by atoms with Gasteiger partial charge in [0.1, 0.15) is 16.7 Å². The topological polar surface area (TPSA) is 29.5 Å². The first-order valence-corrected chi connectivity index (χ1v) is 9.84. The fourth-order valence-corrected chi connectivity index (χ4v) is 5.38. The van der Waals surface area contributed by atoms with E-state index < -0.39 is 0 Å². The Hall–Kier alpha value is -0.130. The van der Waals surface area contributed by atoms with Crippen molar-refractivity contribution < 1.29 is 9.53 Å². The van der Waals surface area contributed by atoms with Crippen LogP contribution in [-0.4, -0.2) is 28.3 Å². The van der Waals surface area contributed by atoms with Crippen LogP contribution in [-0.2, 0) is 4.79 Å². The first-order valence-electron chi connectivity index (χ1n) is 6.46. The van der Waals surface area contributed by atoms with Gasteiger partial charge in [0, 0.05) is 6.54 Å². The Morgan fingerprint density at radius 2 is 2.05 bits per heavy atom. The SMILES string of the molecule is C=CCOc1c(I)cc(/C=C2\SC(=S)N(CC)C2=O)cc1I. The lowest BCUT2D eigenvalue weighted by molar-refractivity contribution is -0.121. The monoisotopic (exact) mass is 557 g/mol. The number of nitrogens with zero attached hydrogens (tertiary/aromatic N) is 1. The number of carbonyl (C=O) groups is 1. The highest BCUT2D eigenvalue weighted by atomic mass is 127. The molecule has 3 nitrogen and oxygen atoms in total. The number of hydrogen-bond acceptors (Lipinski definition) is 4. The summed E-state index contributed by atoms with van der Waals surface area (Å²) < 4.78 is 8.29. The third kappa shape index (κ3) is 4.04. The molecule has 0 aliphatic carbocycles. The average Bonchev–Trinajstić information content (AvgIpc) is 2.72. The number of hydrogen-bond donors (Lipinski definition) is 0. The van der Waals surface area contributed by atoms with Crippen LogP contribution >= 0.6 is 69.2 Å². The molecule has 0 saturated carbocycles. The maximum absolute atomic E-state index is 12.2. The van der Waals surface area contributed by atoms with Gasteiger partial charge >= 0.3 is 0 Å². The van der Waals surface area contributed by atoms with Gasteiger partial charge in [0.25, 0.3) is 5.91 Å². The molecule has 7 heteroatoms. The lowest BCUT2D eigenvalue weighted by atomic mass is 10.2. The molecule has 1 aromatic carbocycles. The lowest BCUT2D eigenvalue weighted by Crippen LogP contribution is -2.27. The van der Waals surface area contributed by atoms with Crippen LogP contribution in [0.2, 0.25) is 0 Å². The number of amides is 1. The fourth-order valence-electron chi connectivity index (χ4n) is 1.87. The maximum atomic E-state index is 12.2. The van der Waals surface area contributed by atoms with Crippen molar-refractivity contribution in [2.45, 2.75) is 6.92 Å². The molecule has 0 atom stereocenters. The Labute approximate surface area is 166 Å². The minimum atomic E-state index is -0.0190. The Morgan fingerprint density at radius 3 is 2.55 bits per heavy atom. The Morgan fingerprint density at radius 1 is 1.41 bits per heavy atom. The number of benzene rings is 1. The van der Waals surface area contributed by atoms with Crippen LogP contribution in [0, 0.1) is 7.14 Å². The van der Waals surface area contributed by atoms with E-state index in [-0.39, 0.29) is 5.91 Å². The summed E-state index contributed by atoms with van der Waals surface area (Å²) in [5.41, 5.74) is 0.969. The molecule has 1 saturated heterocycles. The van der Waals surface area contributed by atoms with E-state index in [1.54, 1.807) is 11.0 Å². The van der Waals surface area contributed by atoms with E-state index in [4.69, 9.17) is 17.0 Å². The molecule has 22 heavy (non-hydrogen) atoms. The second-order valence-corrected chi connectivity index (χ2v) is 8.34. The van der Waals surface area contributed by atoms with E-state index in [2.05, 4.69) is 51.8 Å². The summed E-state index contributed by atoms with van der Waals surface area (Å²) in [6.07, 6.45) is 3.60. The first-order chi connectivity index (χ1) is 10.5. The minimum absolute atomic E-state index is 0.0190. The lowest BCUT2D eigenvalue weighted by Gasteiger charge is -2.10. The number of carbonyl (C=O) groups excluding carboxylic acids is 1. The Bertz CT molecular complexity index is 651. The van der Waals surface area contributed by atoms with Gasteiger partial charge in [0.2, 0.25) is 0 Å². The van der Waals surface area contributed by atoms with Gasteiger partial charge in [-0.15, -0.1) is 0 Å². The quantitative estimate of drug-likeness (QED) is 0.228. The second kappa shape index (κ2) is 8.11. The van der Waals surface area contributed by atoms with Crippen LogP contribution < -0.4 is 4.74 Å². The van der Waals surface area contributed by atoms with E-state index >= 15 is 0 Å². The molecule has 1 amide bonds. The molecule has 2 rings (SSSR count). The van der Waals surface area contributed by atoms with Crippen molar-refractivity contribution in [1.29, 1.82) is 0 Å². The zero-order chi connectivity index (χ0) is 16.3. The van der Waals surface area contributed by atoms with Gasteiger partial charge in [-0.25, -0.2) is 0 Å². The highest BCUT2D eigenvalue weighted by Gasteiger charge is 2.30. The molecule has 116 valence electrons. The van der Waals surface area contributed by atoms with E-state index in [0.29, 0.717) is 22.4 Å². The second-order valence-electron chi connectivity index (χ2n) is 4.34. The van der Waals surface area contributed by atoms with Crippen molar-refractivity contribution >= 4 is 85.5 Å². The summed E-state index contributed by atoms with van der Waals surface area (Å²) >= 11 is 11.1. The predicted octanol–water partition coefficient (Wildman–Crippen LogP) is 4.68. The van der Waals surface area contributed by atoms with Gasteiger partial charge in [0.05, 0.1) is 12.0 Å². The molecule has 1 fully saturated rings. The molecular formula is C15H13I2NO2S2. The number of likely N-dealkylation sites (N-methyl/N-ethyl adjacent to an activating group) is 1. The summed E-state index contributed by atoms with van der Waals surface area (Å²) in [4.78, 5) is 14.5. The van der Waals surface area contributed by atoms with Gasteiger partial charge < -0.3 is 4.74 Å². The minimum Gasteiger partial charge on any atom is -0.487 e.